The van der Waals surface area contributed by atoms with Crippen LogP contribution in [0.5, 0.6) is 0 Å². The zero-order valence-electron chi connectivity index (χ0n) is 25.8. The largest absolute Gasteiger partial charge is 0.309 e. The Morgan fingerprint density at radius 2 is 1.11 bits per heavy atom. The molecule has 0 aliphatic heterocycles. The molecule has 0 amide bonds. The molecule has 10 rings (SSSR count). The Morgan fingerprint density at radius 1 is 0.489 bits per heavy atom. The van der Waals surface area contributed by atoms with Crippen LogP contribution in [-0.4, -0.2) is 4.57 Å². The monoisotopic (exact) mass is 596 g/mol. The lowest BCUT2D eigenvalue weighted by Crippen LogP contribution is -2.25. The molecule has 1 heterocycles. The number of aromatic nitrogens is 1. The van der Waals surface area contributed by atoms with Crippen LogP contribution >= 0.6 is 0 Å². The third-order valence-electron chi connectivity index (χ3n) is 10.5. The summed E-state index contributed by atoms with van der Waals surface area (Å²) < 4.78 is 2.37. The SMILES string of the molecule is Cc1ccc2c(c1)-c1cc(-c3ccc4c(c3)c3ccccc3n4-c3ccccc3)ccc1C21c2ccccc2-c2cc(C#N)ccc21. The van der Waals surface area contributed by atoms with Gasteiger partial charge in [-0.15, -0.1) is 0 Å². The molecular weight excluding hydrogens is 569 g/mol. The Morgan fingerprint density at radius 3 is 1.96 bits per heavy atom. The minimum Gasteiger partial charge on any atom is -0.309 e. The highest BCUT2D eigenvalue weighted by molar-refractivity contribution is 6.10. The maximum absolute atomic E-state index is 9.79. The lowest BCUT2D eigenvalue weighted by molar-refractivity contribution is 0.793. The summed E-state index contributed by atoms with van der Waals surface area (Å²) in [7, 11) is 0. The smallest absolute Gasteiger partial charge is 0.0991 e. The minimum absolute atomic E-state index is 0.427. The van der Waals surface area contributed by atoms with Crippen molar-refractivity contribution in [2.75, 3.05) is 0 Å². The summed E-state index contributed by atoms with van der Waals surface area (Å²) >= 11 is 0. The molecule has 2 heteroatoms. The summed E-state index contributed by atoms with van der Waals surface area (Å²) in [6, 6.07) is 57.6. The highest BCUT2D eigenvalue weighted by Gasteiger charge is 2.51. The Balaban J connectivity index is 1.22. The molecule has 47 heavy (non-hydrogen) atoms. The first-order valence-corrected chi connectivity index (χ1v) is 16.2. The van der Waals surface area contributed by atoms with Crippen molar-refractivity contribution in [2.45, 2.75) is 12.3 Å². The van der Waals surface area contributed by atoms with E-state index in [1.54, 1.807) is 0 Å². The van der Waals surface area contributed by atoms with Gasteiger partial charge in [0.15, 0.2) is 0 Å². The van der Waals surface area contributed by atoms with Crippen LogP contribution in [0.25, 0.3) is 60.9 Å². The Bertz CT molecular complexity index is 2650. The fraction of sp³-hybridized carbons (Fsp3) is 0.0444. The first-order valence-electron chi connectivity index (χ1n) is 16.2. The molecule has 1 spiro atoms. The minimum atomic E-state index is -0.427. The van der Waals surface area contributed by atoms with E-state index < -0.39 is 5.41 Å². The van der Waals surface area contributed by atoms with Crippen molar-refractivity contribution < 1.29 is 0 Å². The molecule has 2 aliphatic carbocycles. The van der Waals surface area contributed by atoms with Gasteiger partial charge in [-0.05, 0) is 111 Å². The summed E-state index contributed by atoms with van der Waals surface area (Å²) in [5.41, 5.74) is 17.6. The van der Waals surface area contributed by atoms with Gasteiger partial charge in [-0.25, -0.2) is 0 Å². The average molecular weight is 597 g/mol. The number of para-hydroxylation sites is 2. The number of nitrogens with zero attached hydrogens (tertiary/aromatic N) is 2. The Labute approximate surface area is 273 Å². The van der Waals surface area contributed by atoms with Crippen molar-refractivity contribution in [3.05, 3.63) is 185 Å². The number of fused-ring (bicyclic) bond motifs is 13. The first kappa shape index (κ1) is 26.1. The molecule has 218 valence electrons. The highest BCUT2D eigenvalue weighted by Crippen LogP contribution is 2.63. The van der Waals surface area contributed by atoms with Gasteiger partial charge in [0.1, 0.15) is 0 Å². The fourth-order valence-electron chi connectivity index (χ4n) is 8.57. The normalized spacial score (nSPS) is 15.4. The highest BCUT2D eigenvalue weighted by atomic mass is 15.0. The molecule has 7 aromatic carbocycles. The van der Waals surface area contributed by atoms with Gasteiger partial charge >= 0.3 is 0 Å². The lowest BCUT2D eigenvalue weighted by atomic mass is 9.70. The molecule has 0 saturated heterocycles. The van der Waals surface area contributed by atoms with Crippen LogP contribution in [-0.2, 0) is 5.41 Å². The van der Waals surface area contributed by atoms with Gasteiger partial charge < -0.3 is 4.57 Å². The summed E-state index contributed by atoms with van der Waals surface area (Å²) in [6.07, 6.45) is 0. The van der Waals surface area contributed by atoms with E-state index in [1.165, 1.54) is 83.1 Å². The molecule has 0 fully saturated rings. The van der Waals surface area contributed by atoms with E-state index in [-0.39, 0.29) is 0 Å². The second-order valence-electron chi connectivity index (χ2n) is 12.9. The molecule has 0 bridgehead atoms. The van der Waals surface area contributed by atoms with Gasteiger partial charge in [0.05, 0.1) is 28.1 Å². The summed E-state index contributed by atoms with van der Waals surface area (Å²) in [4.78, 5) is 0. The molecule has 0 radical (unpaired) electrons. The zero-order chi connectivity index (χ0) is 31.3. The van der Waals surface area contributed by atoms with Crippen LogP contribution in [0.4, 0.5) is 0 Å². The molecular formula is C45H28N2. The Hall–Kier alpha value is -6.17. The van der Waals surface area contributed by atoms with Gasteiger partial charge in [0.25, 0.3) is 0 Å². The standard InChI is InChI=1S/C45H28N2/c1-28-15-19-40-35(23-28)37-25-30(17-21-42(37)45(40)39-13-7-5-11-33(39)36-24-29(27-46)16-20-41(36)45)31-18-22-44-38(26-31)34-12-6-8-14-43(34)47(44)32-9-3-2-4-10-32/h2-26H,1H3. The summed E-state index contributed by atoms with van der Waals surface area (Å²) in [5, 5.41) is 12.3. The Kier molecular flexibility index (Phi) is 5.23. The van der Waals surface area contributed by atoms with Crippen LogP contribution in [0, 0.1) is 18.3 Å². The van der Waals surface area contributed by atoms with Crippen molar-refractivity contribution in [1.82, 2.24) is 4.57 Å². The molecule has 2 aliphatic rings. The van der Waals surface area contributed by atoms with Crippen LogP contribution in [0.3, 0.4) is 0 Å². The topological polar surface area (TPSA) is 28.7 Å². The predicted molar refractivity (Wildman–Crippen MR) is 192 cm³/mol. The first-order chi connectivity index (χ1) is 23.2. The molecule has 1 unspecified atom stereocenters. The molecule has 8 aromatic rings. The van der Waals surface area contributed by atoms with Crippen LogP contribution in [0.15, 0.2) is 152 Å². The van der Waals surface area contributed by atoms with Crippen molar-refractivity contribution in [3.8, 4) is 45.1 Å². The van der Waals surface area contributed by atoms with E-state index in [4.69, 9.17) is 0 Å². The molecule has 0 N–H and O–H groups in total. The number of nitriles is 1. The third kappa shape index (κ3) is 3.38. The van der Waals surface area contributed by atoms with E-state index in [9.17, 15) is 5.26 Å². The zero-order valence-corrected chi connectivity index (χ0v) is 25.8. The van der Waals surface area contributed by atoms with Gasteiger partial charge in [-0.2, -0.15) is 5.26 Å². The van der Waals surface area contributed by atoms with Crippen molar-refractivity contribution in [3.63, 3.8) is 0 Å². The molecule has 2 nitrogen and oxygen atoms in total. The molecule has 1 atom stereocenters. The maximum Gasteiger partial charge on any atom is 0.0991 e. The number of benzene rings is 7. The average Bonchev–Trinajstić information content (AvgIpc) is 3.72. The van der Waals surface area contributed by atoms with Crippen molar-refractivity contribution in [2.24, 2.45) is 0 Å². The van der Waals surface area contributed by atoms with E-state index >= 15 is 0 Å². The molecule has 1 aromatic heterocycles. The van der Waals surface area contributed by atoms with Gasteiger partial charge in [-0.1, -0.05) is 109 Å². The lowest BCUT2D eigenvalue weighted by Gasteiger charge is -2.30. The maximum atomic E-state index is 9.79. The van der Waals surface area contributed by atoms with Crippen molar-refractivity contribution >= 4 is 21.8 Å². The number of hydrogen-bond acceptors (Lipinski definition) is 1. The second kappa shape index (κ2) is 9.42. The van der Waals surface area contributed by atoms with E-state index in [0.717, 1.165) is 5.56 Å². The number of rotatable bonds is 2. The van der Waals surface area contributed by atoms with Gasteiger partial charge in [-0.3, -0.25) is 0 Å². The molecule has 0 saturated carbocycles. The number of aryl methyl sites for hydroxylation is 1. The third-order valence-corrected chi connectivity index (χ3v) is 10.5. The summed E-state index contributed by atoms with van der Waals surface area (Å²) in [6.45, 7) is 2.18. The van der Waals surface area contributed by atoms with Crippen molar-refractivity contribution in [1.29, 1.82) is 5.26 Å². The van der Waals surface area contributed by atoms with Crippen LogP contribution < -0.4 is 0 Å². The van der Waals surface area contributed by atoms with E-state index in [2.05, 4.69) is 163 Å². The van der Waals surface area contributed by atoms with E-state index in [0.29, 0.717) is 5.56 Å². The van der Waals surface area contributed by atoms with Gasteiger partial charge in [0, 0.05) is 16.5 Å². The van der Waals surface area contributed by atoms with Gasteiger partial charge in [0.2, 0.25) is 0 Å². The van der Waals surface area contributed by atoms with Crippen LogP contribution in [0.1, 0.15) is 33.4 Å². The summed E-state index contributed by atoms with van der Waals surface area (Å²) in [5.74, 6) is 0. The fourth-order valence-corrected chi connectivity index (χ4v) is 8.57. The quantitative estimate of drug-likeness (QED) is 0.195. The predicted octanol–water partition coefficient (Wildman–Crippen LogP) is 11.0. The van der Waals surface area contributed by atoms with E-state index in [1.807, 2.05) is 6.07 Å². The second-order valence-corrected chi connectivity index (χ2v) is 12.9. The number of hydrogen-bond donors (Lipinski definition) is 0. The van der Waals surface area contributed by atoms with Crippen LogP contribution in [0.2, 0.25) is 0 Å².